The van der Waals surface area contributed by atoms with Gasteiger partial charge in [0.05, 0.1) is 12.2 Å². The van der Waals surface area contributed by atoms with Gasteiger partial charge in [-0.2, -0.15) is 0 Å². The Hall–Kier alpha value is 2.86. The third kappa shape index (κ3) is 32.5. The Morgan fingerprint density at radius 1 is 0.792 bits per heavy atom. The van der Waals surface area contributed by atoms with Crippen molar-refractivity contribution in [3.63, 3.8) is 0 Å². The molecule has 0 amide bonds. The standard InChI is InChI=1S/2C8H16OS2.K.Na/c2*1-3-4-5-6-7(2)9-8(10)11;;/h2*7H,3-6H2,1-2H3,(H,10,11);;/q;;2*+1/p-2. The van der Waals surface area contributed by atoms with E-state index >= 15 is 0 Å². The van der Waals surface area contributed by atoms with E-state index in [9.17, 15) is 0 Å². The van der Waals surface area contributed by atoms with Crippen molar-refractivity contribution in [1.29, 1.82) is 0 Å². The summed E-state index contributed by atoms with van der Waals surface area (Å²) in [4.78, 5) is 0. The molecule has 8 heteroatoms. The summed E-state index contributed by atoms with van der Waals surface area (Å²) in [5, 5.41) is 0. The van der Waals surface area contributed by atoms with Crippen molar-refractivity contribution in [1.82, 2.24) is 0 Å². The number of hydrogen-bond donors (Lipinski definition) is 0. The molecule has 132 valence electrons. The predicted octanol–water partition coefficient (Wildman–Crippen LogP) is -0.385. The summed E-state index contributed by atoms with van der Waals surface area (Å²) in [6, 6.07) is 0. The molecule has 0 aliphatic carbocycles. The van der Waals surface area contributed by atoms with Crippen LogP contribution in [0.2, 0.25) is 0 Å². The third-order valence-electron chi connectivity index (χ3n) is 3.02. The van der Waals surface area contributed by atoms with E-state index < -0.39 is 0 Å². The van der Waals surface area contributed by atoms with Gasteiger partial charge in [0, 0.05) is 8.77 Å². The van der Waals surface area contributed by atoms with Crippen LogP contribution in [-0.2, 0) is 34.7 Å². The second kappa shape index (κ2) is 25.9. The monoisotopic (exact) mass is 444 g/mol. The molecular formula is C16H30KNaO2S4. The molecule has 0 aliphatic heterocycles. The SMILES string of the molecule is CCCCCC(C)OC(=S)[S-].CCCCCC(C)OC(=S)[S-].[K+].[Na+]. The zero-order chi connectivity index (χ0) is 17.4. The van der Waals surface area contributed by atoms with Gasteiger partial charge in [0.25, 0.3) is 0 Å². The molecule has 0 aliphatic rings. The first kappa shape index (κ1) is 34.4. The molecule has 2 unspecified atom stereocenters. The first-order valence-corrected chi connectivity index (χ1v) is 9.71. The summed E-state index contributed by atoms with van der Waals surface area (Å²) in [5.74, 6) is 0. The average molecular weight is 445 g/mol. The van der Waals surface area contributed by atoms with Gasteiger partial charge >= 0.3 is 80.9 Å². The van der Waals surface area contributed by atoms with Gasteiger partial charge in [0.1, 0.15) is 0 Å². The summed E-state index contributed by atoms with van der Waals surface area (Å²) in [6.07, 6.45) is 9.94. The van der Waals surface area contributed by atoms with Gasteiger partial charge in [0.15, 0.2) is 0 Å². The fraction of sp³-hybridized carbons (Fsp3) is 0.875. The molecule has 2 nitrogen and oxygen atoms in total. The van der Waals surface area contributed by atoms with Gasteiger partial charge in [0.2, 0.25) is 0 Å². The minimum absolute atomic E-state index is 0. The number of thiocarbonyl (C=S) groups is 2. The van der Waals surface area contributed by atoms with Crippen LogP contribution in [0.4, 0.5) is 0 Å². The van der Waals surface area contributed by atoms with E-state index in [2.05, 4.69) is 63.5 Å². The number of rotatable bonds is 10. The van der Waals surface area contributed by atoms with Gasteiger partial charge < -0.3 is 59.2 Å². The summed E-state index contributed by atoms with van der Waals surface area (Å²) < 4.78 is 10.8. The predicted molar refractivity (Wildman–Crippen MR) is 109 cm³/mol. The second-order valence-electron chi connectivity index (χ2n) is 5.35. The number of hydrogen-bond acceptors (Lipinski definition) is 6. The van der Waals surface area contributed by atoms with E-state index in [1.165, 1.54) is 38.5 Å². The minimum Gasteiger partial charge on any atom is -0.511 e. The van der Waals surface area contributed by atoms with E-state index in [1.807, 2.05) is 13.8 Å². The van der Waals surface area contributed by atoms with Crippen molar-refractivity contribution in [3.8, 4) is 0 Å². The molecule has 0 aromatic rings. The normalized spacial score (nSPS) is 11.5. The van der Waals surface area contributed by atoms with Crippen molar-refractivity contribution >= 4 is 58.5 Å². The van der Waals surface area contributed by atoms with Crippen molar-refractivity contribution in [2.45, 2.75) is 91.3 Å². The average Bonchev–Trinajstić information content (AvgIpc) is 2.38. The first-order valence-electron chi connectivity index (χ1n) is 8.08. The molecule has 0 bridgehead atoms. The third-order valence-corrected chi connectivity index (χ3v) is 3.41. The van der Waals surface area contributed by atoms with Crippen LogP contribution in [0.25, 0.3) is 0 Å². The Bertz CT molecular complexity index is 269. The fourth-order valence-corrected chi connectivity index (χ4v) is 2.47. The zero-order valence-corrected chi connectivity index (χ0v) is 24.7. The Labute approximate surface area is 236 Å². The molecular weight excluding hydrogens is 415 g/mol. The van der Waals surface area contributed by atoms with Crippen molar-refractivity contribution in [2.24, 2.45) is 0 Å². The molecule has 0 saturated carbocycles. The zero-order valence-electron chi connectivity index (χ0n) is 16.3. The van der Waals surface area contributed by atoms with Crippen LogP contribution in [0.1, 0.15) is 79.1 Å². The summed E-state index contributed by atoms with van der Waals surface area (Å²) in [7, 11) is 0. The molecule has 0 N–H and O–H groups in total. The molecule has 0 aromatic heterocycles. The maximum Gasteiger partial charge on any atom is 1.00 e. The topological polar surface area (TPSA) is 18.5 Å². The summed E-state index contributed by atoms with van der Waals surface area (Å²) in [6.45, 7) is 8.38. The molecule has 0 saturated heterocycles. The van der Waals surface area contributed by atoms with E-state index in [1.54, 1.807) is 0 Å². The van der Waals surface area contributed by atoms with Crippen molar-refractivity contribution in [3.05, 3.63) is 0 Å². The Kier molecular flexibility index (Phi) is 37.0. The van der Waals surface area contributed by atoms with Gasteiger partial charge in [-0.05, 0) is 39.5 Å². The van der Waals surface area contributed by atoms with Crippen LogP contribution in [0.15, 0.2) is 0 Å². The molecule has 24 heavy (non-hydrogen) atoms. The largest absolute Gasteiger partial charge is 1.00 e. The summed E-state index contributed by atoms with van der Waals surface area (Å²) >= 11 is 18.6. The molecule has 2 atom stereocenters. The first-order chi connectivity index (χ1) is 10.3. The Balaban J connectivity index is -0.000000154. The Morgan fingerprint density at radius 3 is 1.29 bits per heavy atom. The minimum atomic E-state index is 0. The van der Waals surface area contributed by atoms with Gasteiger partial charge in [-0.1, -0.05) is 39.5 Å². The van der Waals surface area contributed by atoms with Crippen LogP contribution >= 0.6 is 24.4 Å². The van der Waals surface area contributed by atoms with Crippen LogP contribution in [0.3, 0.4) is 0 Å². The van der Waals surface area contributed by atoms with Crippen LogP contribution in [0, 0.1) is 0 Å². The van der Waals surface area contributed by atoms with Crippen molar-refractivity contribution in [2.75, 3.05) is 0 Å². The number of unbranched alkanes of at least 4 members (excludes halogenated alkanes) is 4. The van der Waals surface area contributed by atoms with Gasteiger partial charge in [-0.3, -0.25) is 0 Å². The van der Waals surface area contributed by atoms with Crippen LogP contribution in [0.5, 0.6) is 0 Å². The molecule has 0 heterocycles. The van der Waals surface area contributed by atoms with E-state index in [0.717, 1.165) is 12.8 Å². The maximum atomic E-state index is 5.14. The van der Waals surface area contributed by atoms with Crippen LogP contribution < -0.4 is 80.9 Å². The van der Waals surface area contributed by atoms with Crippen molar-refractivity contribution < 1.29 is 90.4 Å². The molecule has 0 aromatic carbocycles. The van der Waals surface area contributed by atoms with Gasteiger partial charge in [-0.15, -0.1) is 0 Å². The molecule has 0 spiro atoms. The molecule has 0 fully saturated rings. The second-order valence-corrected chi connectivity index (χ2v) is 7.35. The Morgan fingerprint density at radius 2 is 1.08 bits per heavy atom. The van der Waals surface area contributed by atoms with E-state index in [4.69, 9.17) is 9.47 Å². The van der Waals surface area contributed by atoms with Gasteiger partial charge in [-0.25, -0.2) is 0 Å². The smallest absolute Gasteiger partial charge is 0.511 e. The molecule has 0 rings (SSSR count). The van der Waals surface area contributed by atoms with Crippen LogP contribution in [-0.4, -0.2) is 21.0 Å². The summed E-state index contributed by atoms with van der Waals surface area (Å²) in [5.41, 5.74) is 0. The fourth-order valence-electron chi connectivity index (χ4n) is 1.81. The van der Waals surface area contributed by atoms with E-state index in [0.29, 0.717) is 0 Å². The molecule has 0 radical (unpaired) electrons. The quantitative estimate of drug-likeness (QED) is 0.196. The maximum absolute atomic E-state index is 5.14. The number of ether oxygens (including phenoxy) is 2. The van der Waals surface area contributed by atoms with E-state index in [-0.39, 0.29) is 102 Å².